The topological polar surface area (TPSA) is 102 Å². The summed E-state index contributed by atoms with van der Waals surface area (Å²) in [5.41, 5.74) is 4.21. The zero-order valence-corrected chi connectivity index (χ0v) is 21.0. The first-order valence-corrected chi connectivity index (χ1v) is 12.4. The highest BCUT2D eigenvalue weighted by Gasteiger charge is 2.27. The van der Waals surface area contributed by atoms with E-state index in [2.05, 4.69) is 32.6 Å². The van der Waals surface area contributed by atoms with E-state index in [-0.39, 0.29) is 18.0 Å². The lowest BCUT2D eigenvalue weighted by atomic mass is 9.90. The first-order valence-electron chi connectivity index (χ1n) is 12.0. The third-order valence-electron chi connectivity index (χ3n) is 5.72. The molecule has 35 heavy (non-hydrogen) atoms. The van der Waals surface area contributed by atoms with Crippen molar-refractivity contribution in [1.29, 1.82) is 0 Å². The van der Waals surface area contributed by atoms with Crippen molar-refractivity contribution >= 4 is 23.6 Å². The molecular formula is C26H31ClN4O4. The van der Waals surface area contributed by atoms with E-state index in [4.69, 9.17) is 25.6 Å². The number of ether oxygens (including phenoxy) is 2. The molecule has 2 aromatic heterocycles. The highest BCUT2D eigenvalue weighted by Crippen LogP contribution is 2.36. The number of hydrogen-bond donors (Lipinski definition) is 2. The maximum atomic E-state index is 11.5. The molecule has 0 radical (unpaired) electrons. The number of nitrogens with one attached hydrogen (secondary N) is 2. The number of carbonyl (C=O) groups is 1. The maximum Gasteiger partial charge on any atom is 0.307 e. The molecule has 0 saturated carbocycles. The number of carbonyl (C=O) groups excluding carboxylic acids is 1. The van der Waals surface area contributed by atoms with Crippen LogP contribution in [0.3, 0.4) is 0 Å². The summed E-state index contributed by atoms with van der Waals surface area (Å²) in [5, 5.41) is 8.08. The van der Waals surface area contributed by atoms with Gasteiger partial charge in [0.2, 0.25) is 0 Å². The van der Waals surface area contributed by atoms with E-state index in [0.29, 0.717) is 42.1 Å². The molecule has 1 unspecified atom stereocenters. The molecule has 186 valence electrons. The van der Waals surface area contributed by atoms with Crippen LogP contribution >= 0.6 is 11.6 Å². The van der Waals surface area contributed by atoms with Gasteiger partial charge in [-0.05, 0) is 69.5 Å². The zero-order chi connectivity index (χ0) is 24.8. The van der Waals surface area contributed by atoms with Crippen LogP contribution in [-0.4, -0.2) is 46.9 Å². The molecule has 1 aliphatic carbocycles. The highest BCUT2D eigenvalue weighted by atomic mass is 35.5. The fourth-order valence-corrected chi connectivity index (χ4v) is 4.33. The predicted octanol–water partition coefficient (Wildman–Crippen LogP) is 5.14. The second-order valence-electron chi connectivity index (χ2n) is 8.66. The van der Waals surface area contributed by atoms with E-state index in [1.807, 2.05) is 39.1 Å². The second-order valence-corrected chi connectivity index (χ2v) is 9.06. The van der Waals surface area contributed by atoms with Crippen molar-refractivity contribution in [3.8, 4) is 17.2 Å². The van der Waals surface area contributed by atoms with Gasteiger partial charge >= 0.3 is 5.97 Å². The summed E-state index contributed by atoms with van der Waals surface area (Å²) in [5.74, 6) is 1.49. The van der Waals surface area contributed by atoms with E-state index in [1.54, 1.807) is 6.07 Å². The summed E-state index contributed by atoms with van der Waals surface area (Å²) in [6.45, 7) is 7.51. The van der Waals surface area contributed by atoms with Crippen LogP contribution in [0.4, 0.5) is 0 Å². The van der Waals surface area contributed by atoms with Gasteiger partial charge in [0.1, 0.15) is 5.75 Å². The van der Waals surface area contributed by atoms with E-state index >= 15 is 0 Å². The summed E-state index contributed by atoms with van der Waals surface area (Å²) in [6, 6.07) is 5.47. The first-order chi connectivity index (χ1) is 17.0. The van der Waals surface area contributed by atoms with Crippen molar-refractivity contribution < 1.29 is 18.8 Å². The van der Waals surface area contributed by atoms with Crippen LogP contribution in [-0.2, 0) is 16.0 Å². The largest absolute Gasteiger partial charge is 0.489 e. The fraction of sp³-hybridized carbons (Fsp3) is 0.423. The van der Waals surface area contributed by atoms with Crippen molar-refractivity contribution in [2.75, 3.05) is 19.7 Å². The minimum absolute atomic E-state index is 0.0166. The SMILES string of the molecule is CCOC(=O)CCNCCc1c[nH]c2c1C=CCC2c1noc(-c2ccc(OC(C)C)c(Cl)c2)n1. The Labute approximate surface area is 210 Å². The molecule has 0 amide bonds. The highest BCUT2D eigenvalue weighted by molar-refractivity contribution is 6.32. The van der Waals surface area contributed by atoms with Crippen molar-refractivity contribution in [1.82, 2.24) is 20.4 Å². The molecular weight excluding hydrogens is 468 g/mol. The molecule has 2 N–H and O–H groups in total. The molecule has 0 spiro atoms. The second kappa shape index (κ2) is 11.6. The van der Waals surface area contributed by atoms with Crippen LogP contribution in [0.2, 0.25) is 5.02 Å². The van der Waals surface area contributed by atoms with E-state index in [9.17, 15) is 4.79 Å². The van der Waals surface area contributed by atoms with Gasteiger partial charge in [-0.3, -0.25) is 4.79 Å². The molecule has 1 aliphatic rings. The van der Waals surface area contributed by atoms with Gasteiger partial charge in [-0.25, -0.2) is 0 Å². The van der Waals surface area contributed by atoms with E-state index < -0.39 is 0 Å². The summed E-state index contributed by atoms with van der Waals surface area (Å²) in [7, 11) is 0. The summed E-state index contributed by atoms with van der Waals surface area (Å²) >= 11 is 6.38. The number of aromatic nitrogens is 3. The van der Waals surface area contributed by atoms with Gasteiger partial charge in [0.25, 0.3) is 5.89 Å². The van der Waals surface area contributed by atoms with Crippen LogP contribution in [0.1, 0.15) is 62.2 Å². The standard InChI is InChI=1S/C26H31ClN4O4/c1-4-33-23(32)11-13-28-12-10-18-15-29-24-19(18)6-5-7-20(24)25-30-26(35-31-25)17-8-9-22(21(27)14-17)34-16(2)3/h5-6,8-9,14-16,20,28-29H,4,7,10-13H2,1-3H3. The lowest BCUT2D eigenvalue weighted by molar-refractivity contribution is -0.142. The van der Waals surface area contributed by atoms with E-state index in [0.717, 1.165) is 36.2 Å². The Morgan fingerprint density at radius 2 is 2.20 bits per heavy atom. The molecule has 9 heteroatoms. The average Bonchev–Trinajstić information content (AvgIpc) is 3.48. The third-order valence-corrected chi connectivity index (χ3v) is 6.02. The number of hydrogen-bond acceptors (Lipinski definition) is 7. The number of H-pyrrole nitrogens is 1. The van der Waals surface area contributed by atoms with Crippen LogP contribution in [0.15, 0.2) is 35.0 Å². The van der Waals surface area contributed by atoms with Gasteiger partial charge < -0.3 is 24.3 Å². The molecule has 2 heterocycles. The molecule has 0 aliphatic heterocycles. The average molecular weight is 499 g/mol. The van der Waals surface area contributed by atoms with Crippen LogP contribution in [0.25, 0.3) is 17.5 Å². The minimum Gasteiger partial charge on any atom is -0.489 e. The van der Waals surface area contributed by atoms with Crippen molar-refractivity contribution in [2.24, 2.45) is 0 Å². The molecule has 0 bridgehead atoms. The van der Waals surface area contributed by atoms with Crippen molar-refractivity contribution in [3.63, 3.8) is 0 Å². The summed E-state index contributed by atoms with van der Waals surface area (Å²) < 4.78 is 16.2. The number of esters is 1. The van der Waals surface area contributed by atoms with Crippen LogP contribution in [0.5, 0.6) is 5.75 Å². The maximum absolute atomic E-state index is 11.5. The predicted molar refractivity (Wildman–Crippen MR) is 135 cm³/mol. The van der Waals surface area contributed by atoms with Gasteiger partial charge in [0.15, 0.2) is 5.82 Å². The summed E-state index contributed by atoms with van der Waals surface area (Å²) in [4.78, 5) is 19.5. The van der Waals surface area contributed by atoms with Crippen molar-refractivity contribution in [3.05, 3.63) is 58.1 Å². The third kappa shape index (κ3) is 6.13. The molecule has 8 nitrogen and oxygen atoms in total. The lowest BCUT2D eigenvalue weighted by Crippen LogP contribution is -2.22. The Balaban J connectivity index is 1.41. The Morgan fingerprint density at radius 1 is 1.34 bits per heavy atom. The number of aromatic amines is 1. The Hall–Kier alpha value is -3.10. The molecule has 1 atom stereocenters. The van der Waals surface area contributed by atoms with Gasteiger partial charge in [0.05, 0.1) is 30.1 Å². The Bertz CT molecular complexity index is 1180. The van der Waals surface area contributed by atoms with E-state index in [1.165, 1.54) is 5.56 Å². The fourth-order valence-electron chi connectivity index (χ4n) is 4.11. The molecule has 3 aromatic rings. The molecule has 0 saturated heterocycles. The zero-order valence-electron chi connectivity index (χ0n) is 20.3. The number of nitrogens with zero attached hydrogens (tertiary/aromatic N) is 2. The number of fused-ring (bicyclic) bond motifs is 1. The molecule has 0 fully saturated rings. The number of allylic oxidation sites excluding steroid dienone is 1. The van der Waals surface area contributed by atoms with Crippen LogP contribution in [0, 0.1) is 0 Å². The molecule has 1 aromatic carbocycles. The minimum atomic E-state index is -0.175. The summed E-state index contributed by atoms with van der Waals surface area (Å²) in [6.07, 6.45) is 8.36. The lowest BCUT2D eigenvalue weighted by Gasteiger charge is -2.16. The Morgan fingerprint density at radius 3 is 2.97 bits per heavy atom. The van der Waals surface area contributed by atoms with Gasteiger partial charge in [-0.15, -0.1) is 0 Å². The molecule has 4 rings (SSSR count). The Kier molecular flexibility index (Phi) is 8.25. The first kappa shape index (κ1) is 25.0. The van der Waals surface area contributed by atoms with Gasteiger partial charge in [-0.1, -0.05) is 28.9 Å². The van der Waals surface area contributed by atoms with Crippen LogP contribution < -0.4 is 10.1 Å². The van der Waals surface area contributed by atoms with Crippen molar-refractivity contribution in [2.45, 2.75) is 52.1 Å². The number of rotatable bonds is 11. The smallest absolute Gasteiger partial charge is 0.307 e. The monoisotopic (exact) mass is 498 g/mol. The quantitative estimate of drug-likeness (QED) is 0.279. The normalized spacial score (nSPS) is 14.8. The number of benzene rings is 1. The number of halogens is 1. The van der Waals surface area contributed by atoms with Gasteiger partial charge in [0, 0.05) is 24.0 Å². The van der Waals surface area contributed by atoms with Gasteiger partial charge in [-0.2, -0.15) is 4.98 Å².